The van der Waals surface area contributed by atoms with Crippen molar-refractivity contribution in [2.75, 3.05) is 19.6 Å². The summed E-state index contributed by atoms with van der Waals surface area (Å²) in [5.74, 6) is -1.39. The van der Waals surface area contributed by atoms with Crippen LogP contribution in [0.3, 0.4) is 0 Å². The maximum atomic E-state index is 12.7. The van der Waals surface area contributed by atoms with Gasteiger partial charge < -0.3 is 14.9 Å². The van der Waals surface area contributed by atoms with Crippen LogP contribution in [-0.2, 0) is 4.79 Å². The molecule has 0 aliphatic carbocycles. The van der Waals surface area contributed by atoms with E-state index in [1.165, 1.54) is 4.90 Å². The molecule has 1 aliphatic rings. The number of carbonyl (C=O) groups excluding carboxylic acids is 2. The Labute approximate surface area is 148 Å². The number of carboxylic acid groups (broad SMARTS) is 1. The topological polar surface area (TPSA) is 77.9 Å². The number of amides is 2. The maximum absolute atomic E-state index is 12.7. The summed E-state index contributed by atoms with van der Waals surface area (Å²) in [5.41, 5.74) is 0.839. The molecule has 1 aromatic carbocycles. The lowest BCUT2D eigenvalue weighted by Gasteiger charge is -2.23. The molecule has 0 radical (unpaired) electrons. The molecule has 0 spiro atoms. The largest absolute Gasteiger partial charge is 0.480 e. The summed E-state index contributed by atoms with van der Waals surface area (Å²) in [6, 6.07) is 5.84. The number of hydrogen-bond donors (Lipinski definition) is 1. The van der Waals surface area contributed by atoms with Crippen LogP contribution in [0.25, 0.3) is 0 Å². The van der Waals surface area contributed by atoms with E-state index in [9.17, 15) is 19.5 Å². The monoisotopic (exact) mass is 346 g/mol. The summed E-state index contributed by atoms with van der Waals surface area (Å²) in [7, 11) is 0. The zero-order valence-corrected chi connectivity index (χ0v) is 14.9. The second kappa shape index (κ2) is 8.65. The van der Waals surface area contributed by atoms with E-state index < -0.39 is 12.0 Å². The highest BCUT2D eigenvalue weighted by molar-refractivity contribution is 6.01. The Kier molecular flexibility index (Phi) is 6.56. The van der Waals surface area contributed by atoms with Gasteiger partial charge >= 0.3 is 5.97 Å². The number of rotatable bonds is 7. The average Bonchev–Trinajstić information content (AvgIpc) is 3.10. The molecular weight excluding hydrogens is 320 g/mol. The normalized spacial score (nSPS) is 16.7. The molecule has 0 saturated carbocycles. The lowest BCUT2D eigenvalue weighted by atomic mass is 10.1. The van der Waals surface area contributed by atoms with Crippen LogP contribution in [0, 0.1) is 0 Å². The van der Waals surface area contributed by atoms with Crippen LogP contribution in [0.2, 0.25) is 0 Å². The molecule has 1 heterocycles. The number of carboxylic acids is 1. The lowest BCUT2D eigenvalue weighted by Crippen LogP contribution is -2.40. The van der Waals surface area contributed by atoms with Gasteiger partial charge in [0.25, 0.3) is 11.8 Å². The van der Waals surface area contributed by atoms with Gasteiger partial charge in [-0.05, 0) is 43.9 Å². The van der Waals surface area contributed by atoms with Crippen molar-refractivity contribution >= 4 is 17.8 Å². The number of benzene rings is 1. The molecule has 6 heteroatoms. The molecule has 136 valence electrons. The van der Waals surface area contributed by atoms with E-state index in [4.69, 9.17) is 0 Å². The second-order valence-corrected chi connectivity index (χ2v) is 6.37. The van der Waals surface area contributed by atoms with E-state index in [-0.39, 0.29) is 11.8 Å². The predicted octanol–water partition coefficient (Wildman–Crippen LogP) is 2.64. The van der Waals surface area contributed by atoms with Crippen molar-refractivity contribution in [1.29, 1.82) is 0 Å². The maximum Gasteiger partial charge on any atom is 0.326 e. The third kappa shape index (κ3) is 4.38. The Morgan fingerprint density at radius 2 is 1.80 bits per heavy atom. The highest BCUT2D eigenvalue weighted by Gasteiger charge is 2.34. The first kappa shape index (κ1) is 19.0. The Balaban J connectivity index is 2.21. The summed E-state index contributed by atoms with van der Waals surface area (Å²) in [4.78, 5) is 39.9. The van der Waals surface area contributed by atoms with E-state index in [0.717, 1.165) is 12.8 Å². The summed E-state index contributed by atoms with van der Waals surface area (Å²) in [6.07, 6.45) is 2.90. The van der Waals surface area contributed by atoms with Gasteiger partial charge in [-0.15, -0.1) is 0 Å². The van der Waals surface area contributed by atoms with Gasteiger partial charge in [-0.25, -0.2) is 4.79 Å². The second-order valence-electron chi connectivity index (χ2n) is 6.37. The van der Waals surface area contributed by atoms with Crippen molar-refractivity contribution in [3.63, 3.8) is 0 Å². The molecule has 1 saturated heterocycles. The third-order valence-electron chi connectivity index (χ3n) is 4.43. The first-order chi connectivity index (χ1) is 12.0. The first-order valence-corrected chi connectivity index (χ1v) is 8.92. The van der Waals surface area contributed by atoms with Gasteiger partial charge in [-0.2, -0.15) is 0 Å². The highest BCUT2D eigenvalue weighted by atomic mass is 16.4. The van der Waals surface area contributed by atoms with Crippen LogP contribution < -0.4 is 0 Å². The van der Waals surface area contributed by atoms with E-state index in [0.29, 0.717) is 43.6 Å². The molecule has 2 rings (SSSR count). The van der Waals surface area contributed by atoms with Crippen molar-refractivity contribution in [2.24, 2.45) is 0 Å². The van der Waals surface area contributed by atoms with E-state index in [1.54, 1.807) is 29.2 Å². The van der Waals surface area contributed by atoms with E-state index in [2.05, 4.69) is 0 Å². The summed E-state index contributed by atoms with van der Waals surface area (Å²) < 4.78 is 0. The zero-order chi connectivity index (χ0) is 18.4. The van der Waals surface area contributed by atoms with Gasteiger partial charge in [0.05, 0.1) is 0 Å². The molecule has 1 atom stereocenters. The van der Waals surface area contributed by atoms with Crippen molar-refractivity contribution in [3.8, 4) is 0 Å². The minimum Gasteiger partial charge on any atom is -0.480 e. The fraction of sp³-hybridized carbons (Fsp3) is 0.526. The van der Waals surface area contributed by atoms with Gasteiger partial charge in [-0.3, -0.25) is 9.59 Å². The Morgan fingerprint density at radius 3 is 2.40 bits per heavy atom. The average molecular weight is 346 g/mol. The fourth-order valence-electron chi connectivity index (χ4n) is 3.25. The standard InChI is InChI=1S/C19H26N2O4/c1-3-10-20(11-4-2)17(22)14-7-5-8-15(13-14)18(23)21-12-6-9-16(21)19(24)25/h5,7-8,13,16H,3-4,6,9-12H2,1-2H3,(H,24,25). The number of nitrogens with zero attached hydrogens (tertiary/aromatic N) is 2. The van der Waals surface area contributed by atoms with Crippen LogP contribution in [-0.4, -0.2) is 58.4 Å². The van der Waals surface area contributed by atoms with Crippen molar-refractivity contribution in [2.45, 2.75) is 45.6 Å². The van der Waals surface area contributed by atoms with Gasteiger partial charge in [0.1, 0.15) is 6.04 Å². The van der Waals surface area contributed by atoms with Gasteiger partial charge in [0.2, 0.25) is 0 Å². The molecule has 1 unspecified atom stereocenters. The Hall–Kier alpha value is -2.37. The number of hydrogen-bond acceptors (Lipinski definition) is 3. The van der Waals surface area contributed by atoms with Crippen LogP contribution in [0.1, 0.15) is 60.2 Å². The lowest BCUT2D eigenvalue weighted by molar-refractivity contribution is -0.141. The number of carbonyl (C=O) groups is 3. The molecule has 1 N–H and O–H groups in total. The SMILES string of the molecule is CCCN(CCC)C(=O)c1cccc(C(=O)N2CCCC2C(=O)O)c1. The molecule has 1 fully saturated rings. The zero-order valence-electron chi connectivity index (χ0n) is 14.9. The van der Waals surface area contributed by atoms with Gasteiger partial charge in [-0.1, -0.05) is 19.9 Å². The quantitative estimate of drug-likeness (QED) is 0.823. The van der Waals surface area contributed by atoms with Crippen LogP contribution in [0.5, 0.6) is 0 Å². The Morgan fingerprint density at radius 1 is 1.16 bits per heavy atom. The van der Waals surface area contributed by atoms with Gasteiger partial charge in [0, 0.05) is 30.8 Å². The molecule has 0 aromatic heterocycles. The van der Waals surface area contributed by atoms with Crippen molar-refractivity contribution < 1.29 is 19.5 Å². The molecule has 1 aromatic rings. The number of likely N-dealkylation sites (tertiary alicyclic amines) is 1. The Bertz CT molecular complexity index is 638. The van der Waals surface area contributed by atoms with E-state index in [1.807, 2.05) is 13.8 Å². The summed E-state index contributed by atoms with van der Waals surface area (Å²) >= 11 is 0. The molecular formula is C19H26N2O4. The third-order valence-corrected chi connectivity index (χ3v) is 4.43. The molecule has 6 nitrogen and oxygen atoms in total. The smallest absolute Gasteiger partial charge is 0.326 e. The predicted molar refractivity (Wildman–Crippen MR) is 94.6 cm³/mol. The highest BCUT2D eigenvalue weighted by Crippen LogP contribution is 2.21. The number of aliphatic carboxylic acids is 1. The summed E-state index contributed by atoms with van der Waals surface area (Å²) in [6.45, 7) is 5.84. The first-order valence-electron chi connectivity index (χ1n) is 8.92. The van der Waals surface area contributed by atoms with Crippen LogP contribution >= 0.6 is 0 Å². The van der Waals surface area contributed by atoms with Crippen molar-refractivity contribution in [3.05, 3.63) is 35.4 Å². The van der Waals surface area contributed by atoms with E-state index >= 15 is 0 Å². The minimum atomic E-state index is -0.977. The molecule has 25 heavy (non-hydrogen) atoms. The summed E-state index contributed by atoms with van der Waals surface area (Å²) in [5, 5.41) is 9.26. The van der Waals surface area contributed by atoms with Gasteiger partial charge in [0.15, 0.2) is 0 Å². The minimum absolute atomic E-state index is 0.0884. The van der Waals surface area contributed by atoms with Crippen LogP contribution in [0.15, 0.2) is 24.3 Å². The van der Waals surface area contributed by atoms with Crippen LogP contribution in [0.4, 0.5) is 0 Å². The molecule has 2 amide bonds. The molecule has 0 bridgehead atoms. The van der Waals surface area contributed by atoms with Crippen molar-refractivity contribution in [1.82, 2.24) is 9.80 Å². The fourth-order valence-corrected chi connectivity index (χ4v) is 3.25. The molecule has 1 aliphatic heterocycles.